The molecule has 108 valence electrons. The van der Waals surface area contributed by atoms with Gasteiger partial charge < -0.3 is 9.80 Å². The Morgan fingerprint density at radius 3 is 2.35 bits per heavy atom. The molecule has 0 radical (unpaired) electrons. The molecule has 1 aliphatic heterocycles. The largest absolute Gasteiger partial charge is 0.342 e. The van der Waals surface area contributed by atoms with E-state index in [-0.39, 0.29) is 5.91 Å². The van der Waals surface area contributed by atoms with Gasteiger partial charge in [-0.25, -0.2) is 0 Å². The topological polar surface area (TPSA) is 40.6 Å². The standard InChI is InChI=1S/C16H22N2O2/c1-2-3-4-14-5-7-15(8-6-14)16(20)18-11-9-17(13-19)10-12-18/h5-8,13H,2-4,9-12H2,1H3. The predicted molar refractivity (Wildman–Crippen MR) is 78.6 cm³/mol. The van der Waals surface area contributed by atoms with Crippen LogP contribution < -0.4 is 0 Å². The molecule has 1 aliphatic rings. The maximum absolute atomic E-state index is 12.3. The molecule has 0 spiro atoms. The normalized spacial score (nSPS) is 15.2. The van der Waals surface area contributed by atoms with Gasteiger partial charge in [0.05, 0.1) is 0 Å². The molecule has 0 atom stereocenters. The van der Waals surface area contributed by atoms with Crippen molar-refractivity contribution in [3.63, 3.8) is 0 Å². The van der Waals surface area contributed by atoms with Crippen molar-refractivity contribution < 1.29 is 9.59 Å². The van der Waals surface area contributed by atoms with Gasteiger partial charge in [-0.05, 0) is 30.5 Å². The first-order chi connectivity index (χ1) is 9.74. The number of amides is 2. The zero-order valence-corrected chi connectivity index (χ0v) is 12.0. The third-order valence-electron chi connectivity index (χ3n) is 3.77. The smallest absolute Gasteiger partial charge is 0.253 e. The van der Waals surface area contributed by atoms with E-state index in [1.54, 1.807) is 4.90 Å². The summed E-state index contributed by atoms with van der Waals surface area (Å²) in [6, 6.07) is 7.92. The van der Waals surface area contributed by atoms with Crippen LogP contribution in [0.3, 0.4) is 0 Å². The molecule has 1 aromatic carbocycles. The maximum Gasteiger partial charge on any atom is 0.253 e. The van der Waals surface area contributed by atoms with Gasteiger partial charge in [0, 0.05) is 31.7 Å². The Morgan fingerprint density at radius 1 is 1.15 bits per heavy atom. The number of carbonyl (C=O) groups is 2. The van der Waals surface area contributed by atoms with E-state index in [2.05, 4.69) is 6.92 Å². The highest BCUT2D eigenvalue weighted by atomic mass is 16.2. The summed E-state index contributed by atoms with van der Waals surface area (Å²) in [5.74, 6) is 0.0672. The van der Waals surface area contributed by atoms with Crippen LogP contribution in [-0.4, -0.2) is 48.3 Å². The summed E-state index contributed by atoms with van der Waals surface area (Å²) >= 11 is 0. The third-order valence-corrected chi connectivity index (χ3v) is 3.77. The Bertz CT molecular complexity index is 448. The van der Waals surface area contributed by atoms with Crippen LogP contribution in [0.1, 0.15) is 35.7 Å². The first-order valence-corrected chi connectivity index (χ1v) is 7.32. The second-order valence-corrected chi connectivity index (χ2v) is 5.23. The van der Waals surface area contributed by atoms with Crippen LogP contribution >= 0.6 is 0 Å². The van der Waals surface area contributed by atoms with Crippen LogP contribution in [-0.2, 0) is 11.2 Å². The number of nitrogens with zero attached hydrogens (tertiary/aromatic N) is 2. The molecule has 20 heavy (non-hydrogen) atoms. The lowest BCUT2D eigenvalue weighted by atomic mass is 10.1. The number of unbranched alkanes of at least 4 members (excludes halogenated alkanes) is 1. The minimum atomic E-state index is 0.0672. The SMILES string of the molecule is CCCCc1ccc(C(=O)N2CCN(C=O)CC2)cc1. The molecule has 2 amide bonds. The van der Waals surface area contributed by atoms with Gasteiger partial charge in [0.2, 0.25) is 6.41 Å². The van der Waals surface area contributed by atoms with Crippen molar-refractivity contribution >= 4 is 12.3 Å². The minimum absolute atomic E-state index is 0.0672. The van der Waals surface area contributed by atoms with E-state index in [4.69, 9.17) is 0 Å². The minimum Gasteiger partial charge on any atom is -0.342 e. The summed E-state index contributed by atoms with van der Waals surface area (Å²) in [6.07, 6.45) is 4.29. The van der Waals surface area contributed by atoms with Crippen molar-refractivity contribution in [2.24, 2.45) is 0 Å². The lowest BCUT2D eigenvalue weighted by Gasteiger charge is -2.32. The first kappa shape index (κ1) is 14.6. The highest BCUT2D eigenvalue weighted by Crippen LogP contribution is 2.11. The monoisotopic (exact) mass is 274 g/mol. The molecule has 0 aromatic heterocycles. The van der Waals surface area contributed by atoms with Crippen molar-refractivity contribution in [1.82, 2.24) is 9.80 Å². The fourth-order valence-electron chi connectivity index (χ4n) is 2.41. The lowest BCUT2D eigenvalue weighted by Crippen LogP contribution is -2.48. The van der Waals surface area contributed by atoms with E-state index < -0.39 is 0 Å². The number of benzene rings is 1. The molecular formula is C16H22N2O2. The highest BCUT2D eigenvalue weighted by molar-refractivity contribution is 5.94. The Kier molecular flexibility index (Phi) is 5.16. The molecule has 4 nitrogen and oxygen atoms in total. The third kappa shape index (κ3) is 3.59. The molecule has 2 rings (SSSR count). The first-order valence-electron chi connectivity index (χ1n) is 7.32. The van der Waals surface area contributed by atoms with E-state index in [1.807, 2.05) is 29.2 Å². The van der Waals surface area contributed by atoms with Crippen LogP contribution in [0.5, 0.6) is 0 Å². The van der Waals surface area contributed by atoms with Crippen molar-refractivity contribution in [1.29, 1.82) is 0 Å². The molecule has 0 aliphatic carbocycles. The molecule has 0 saturated carbocycles. The zero-order chi connectivity index (χ0) is 14.4. The molecule has 1 fully saturated rings. The van der Waals surface area contributed by atoms with Gasteiger partial charge in [0.25, 0.3) is 5.91 Å². The average Bonchev–Trinajstić information content (AvgIpc) is 2.53. The molecule has 1 saturated heterocycles. The Morgan fingerprint density at radius 2 is 1.80 bits per heavy atom. The van der Waals surface area contributed by atoms with Crippen molar-refractivity contribution in [3.8, 4) is 0 Å². The van der Waals surface area contributed by atoms with Crippen LogP contribution in [0.15, 0.2) is 24.3 Å². The van der Waals surface area contributed by atoms with Gasteiger partial charge in [0.15, 0.2) is 0 Å². The summed E-state index contributed by atoms with van der Waals surface area (Å²) in [6.45, 7) is 4.68. The van der Waals surface area contributed by atoms with Gasteiger partial charge in [-0.2, -0.15) is 0 Å². The van der Waals surface area contributed by atoms with Crippen LogP contribution in [0.2, 0.25) is 0 Å². The molecular weight excluding hydrogens is 252 g/mol. The molecule has 4 heteroatoms. The van der Waals surface area contributed by atoms with Gasteiger partial charge in [0.1, 0.15) is 0 Å². The Hall–Kier alpha value is -1.84. The van der Waals surface area contributed by atoms with E-state index in [0.29, 0.717) is 26.2 Å². The summed E-state index contributed by atoms with van der Waals surface area (Å²) in [5, 5.41) is 0. The van der Waals surface area contributed by atoms with E-state index in [0.717, 1.165) is 18.4 Å². The van der Waals surface area contributed by atoms with Crippen LogP contribution in [0.25, 0.3) is 0 Å². The Balaban J connectivity index is 1.94. The summed E-state index contributed by atoms with van der Waals surface area (Å²) < 4.78 is 0. The van der Waals surface area contributed by atoms with Gasteiger partial charge in [-0.3, -0.25) is 9.59 Å². The van der Waals surface area contributed by atoms with Crippen LogP contribution in [0, 0.1) is 0 Å². The molecule has 0 unspecified atom stereocenters. The second-order valence-electron chi connectivity index (χ2n) is 5.23. The van der Waals surface area contributed by atoms with Gasteiger partial charge in [-0.1, -0.05) is 25.5 Å². The number of rotatable bonds is 5. The number of aryl methyl sites for hydroxylation is 1. The lowest BCUT2D eigenvalue weighted by molar-refractivity contribution is -0.119. The molecule has 1 heterocycles. The second kappa shape index (κ2) is 7.08. The molecule has 1 aromatic rings. The summed E-state index contributed by atoms with van der Waals surface area (Å²) in [7, 11) is 0. The average molecular weight is 274 g/mol. The fraction of sp³-hybridized carbons (Fsp3) is 0.500. The van der Waals surface area contributed by atoms with E-state index >= 15 is 0 Å². The van der Waals surface area contributed by atoms with E-state index in [1.165, 1.54) is 18.4 Å². The summed E-state index contributed by atoms with van der Waals surface area (Å²) in [5.41, 5.74) is 2.03. The number of hydrogen-bond acceptors (Lipinski definition) is 2. The fourth-order valence-corrected chi connectivity index (χ4v) is 2.41. The van der Waals surface area contributed by atoms with Crippen molar-refractivity contribution in [2.75, 3.05) is 26.2 Å². The quantitative estimate of drug-likeness (QED) is 0.770. The van der Waals surface area contributed by atoms with E-state index in [9.17, 15) is 9.59 Å². The highest BCUT2D eigenvalue weighted by Gasteiger charge is 2.21. The predicted octanol–water partition coefficient (Wildman–Crippen LogP) is 1.94. The zero-order valence-electron chi connectivity index (χ0n) is 12.0. The van der Waals surface area contributed by atoms with Crippen LogP contribution in [0.4, 0.5) is 0 Å². The Labute approximate surface area is 120 Å². The number of hydrogen-bond donors (Lipinski definition) is 0. The van der Waals surface area contributed by atoms with Crippen molar-refractivity contribution in [3.05, 3.63) is 35.4 Å². The van der Waals surface area contributed by atoms with Gasteiger partial charge >= 0.3 is 0 Å². The summed E-state index contributed by atoms with van der Waals surface area (Å²) in [4.78, 5) is 26.5. The molecule has 0 bridgehead atoms. The van der Waals surface area contributed by atoms with Gasteiger partial charge in [-0.15, -0.1) is 0 Å². The molecule has 0 N–H and O–H groups in total. The number of carbonyl (C=O) groups excluding carboxylic acids is 2. The van der Waals surface area contributed by atoms with Crippen molar-refractivity contribution in [2.45, 2.75) is 26.2 Å². The number of piperazine rings is 1. The maximum atomic E-state index is 12.3.